The first-order valence-corrected chi connectivity index (χ1v) is 8.30. The third kappa shape index (κ3) is 3.82. The molecular weight excluding hydrogens is 302 g/mol. The summed E-state index contributed by atoms with van der Waals surface area (Å²) in [6, 6.07) is 1.39. The molecule has 1 aliphatic heterocycles. The van der Waals surface area contributed by atoms with Crippen LogP contribution in [0.3, 0.4) is 0 Å². The predicted octanol–water partition coefficient (Wildman–Crippen LogP) is 1.48. The molecule has 2 heterocycles. The first kappa shape index (κ1) is 15.5. The van der Waals surface area contributed by atoms with Crippen molar-refractivity contribution in [1.82, 2.24) is 9.71 Å². The van der Waals surface area contributed by atoms with Crippen LogP contribution in [0.4, 0.5) is 5.82 Å². The summed E-state index contributed by atoms with van der Waals surface area (Å²) in [5, 5.41) is 3.06. The Morgan fingerprint density at radius 3 is 2.95 bits per heavy atom. The van der Waals surface area contributed by atoms with Crippen LogP contribution >= 0.6 is 11.6 Å². The minimum Gasteiger partial charge on any atom is -0.381 e. The fourth-order valence-electron chi connectivity index (χ4n) is 2.03. The number of hydrogen-bond donors (Lipinski definition) is 2. The number of aromatic nitrogens is 1. The lowest BCUT2D eigenvalue weighted by atomic mass is 10.0. The Hall–Kier alpha value is -0.890. The average molecular weight is 320 g/mol. The molecule has 2 rings (SSSR count). The summed E-state index contributed by atoms with van der Waals surface area (Å²) in [5.41, 5.74) is 0. The monoisotopic (exact) mass is 319 g/mol. The number of hydrogen-bond acceptors (Lipinski definition) is 5. The summed E-state index contributed by atoms with van der Waals surface area (Å²) in [6.07, 6.45) is 3.23. The van der Waals surface area contributed by atoms with Crippen LogP contribution in [-0.4, -0.2) is 40.2 Å². The molecule has 0 aliphatic carbocycles. The number of anilines is 1. The van der Waals surface area contributed by atoms with Gasteiger partial charge in [-0.05, 0) is 24.8 Å². The van der Waals surface area contributed by atoms with E-state index in [0.29, 0.717) is 19.0 Å². The lowest BCUT2D eigenvalue weighted by molar-refractivity contribution is 0.0568. The zero-order valence-electron chi connectivity index (χ0n) is 11.2. The van der Waals surface area contributed by atoms with Crippen molar-refractivity contribution in [2.45, 2.75) is 17.7 Å². The Bertz CT molecular complexity index is 559. The van der Waals surface area contributed by atoms with Gasteiger partial charge in [0.2, 0.25) is 10.0 Å². The van der Waals surface area contributed by atoms with Crippen LogP contribution in [0.1, 0.15) is 12.8 Å². The van der Waals surface area contributed by atoms with Gasteiger partial charge in [0, 0.05) is 26.4 Å². The van der Waals surface area contributed by atoms with Crippen LogP contribution in [0.25, 0.3) is 0 Å². The highest BCUT2D eigenvalue weighted by molar-refractivity contribution is 7.89. The molecule has 1 aliphatic rings. The van der Waals surface area contributed by atoms with Crippen LogP contribution in [0.2, 0.25) is 5.02 Å². The summed E-state index contributed by atoms with van der Waals surface area (Å²) >= 11 is 5.95. The lowest BCUT2D eigenvalue weighted by Crippen LogP contribution is -2.33. The average Bonchev–Trinajstić information content (AvgIpc) is 2.46. The maximum Gasteiger partial charge on any atom is 0.242 e. The largest absolute Gasteiger partial charge is 0.381 e. The van der Waals surface area contributed by atoms with Gasteiger partial charge < -0.3 is 10.1 Å². The molecule has 1 fully saturated rings. The zero-order chi connectivity index (χ0) is 14.6. The molecule has 0 bridgehead atoms. The van der Waals surface area contributed by atoms with E-state index in [1.807, 2.05) is 0 Å². The molecule has 6 nitrogen and oxygen atoms in total. The molecule has 0 saturated carbocycles. The maximum absolute atomic E-state index is 12.2. The molecule has 0 spiro atoms. The Morgan fingerprint density at radius 2 is 2.35 bits per heavy atom. The van der Waals surface area contributed by atoms with E-state index in [1.165, 1.54) is 12.3 Å². The van der Waals surface area contributed by atoms with E-state index in [0.717, 1.165) is 19.4 Å². The fraction of sp³-hybridized carbons (Fsp3) is 0.583. The van der Waals surface area contributed by atoms with Crippen molar-refractivity contribution in [3.8, 4) is 0 Å². The number of nitrogens with zero attached hydrogens (tertiary/aromatic N) is 1. The lowest BCUT2D eigenvalue weighted by Gasteiger charge is -2.22. The van der Waals surface area contributed by atoms with Gasteiger partial charge in [-0.2, -0.15) is 0 Å². The van der Waals surface area contributed by atoms with Crippen molar-refractivity contribution in [3.63, 3.8) is 0 Å². The Labute approximate surface area is 123 Å². The normalized spacial score (nSPS) is 19.8. The first-order valence-electron chi connectivity index (χ1n) is 6.43. The van der Waals surface area contributed by atoms with Crippen molar-refractivity contribution in [1.29, 1.82) is 0 Å². The Morgan fingerprint density at radius 1 is 1.55 bits per heavy atom. The van der Waals surface area contributed by atoms with Gasteiger partial charge in [0.05, 0.1) is 11.6 Å². The van der Waals surface area contributed by atoms with E-state index >= 15 is 0 Å². The van der Waals surface area contributed by atoms with Crippen LogP contribution in [0, 0.1) is 5.92 Å². The summed E-state index contributed by atoms with van der Waals surface area (Å²) in [7, 11) is -1.92. The molecule has 8 heteroatoms. The van der Waals surface area contributed by atoms with Gasteiger partial charge in [0.15, 0.2) is 0 Å². The van der Waals surface area contributed by atoms with Crippen molar-refractivity contribution >= 4 is 27.4 Å². The van der Waals surface area contributed by atoms with Gasteiger partial charge in [-0.25, -0.2) is 18.1 Å². The number of nitrogens with one attached hydrogen (secondary N) is 2. The third-order valence-corrected chi connectivity index (χ3v) is 4.86. The highest BCUT2D eigenvalue weighted by atomic mass is 35.5. The molecule has 20 heavy (non-hydrogen) atoms. The van der Waals surface area contributed by atoms with Gasteiger partial charge in [-0.15, -0.1) is 0 Å². The molecule has 1 atom stereocenters. The van der Waals surface area contributed by atoms with Crippen LogP contribution in [0.15, 0.2) is 17.2 Å². The maximum atomic E-state index is 12.2. The highest BCUT2D eigenvalue weighted by Gasteiger charge is 2.20. The quantitative estimate of drug-likeness (QED) is 0.859. The SMILES string of the molecule is CNc1ncc(S(=O)(=O)NCC2CCCOC2)cc1Cl. The van der Waals surface area contributed by atoms with Gasteiger partial charge >= 0.3 is 0 Å². The molecule has 112 valence electrons. The molecule has 0 radical (unpaired) electrons. The van der Waals surface area contributed by atoms with Crippen molar-refractivity contribution in [2.75, 3.05) is 32.1 Å². The summed E-state index contributed by atoms with van der Waals surface area (Å²) < 4.78 is 32.2. The molecule has 1 saturated heterocycles. The van der Waals surface area contributed by atoms with Crippen molar-refractivity contribution < 1.29 is 13.2 Å². The summed E-state index contributed by atoms with van der Waals surface area (Å²) in [5.74, 6) is 0.671. The number of pyridine rings is 1. The van der Waals surface area contributed by atoms with Gasteiger partial charge in [-0.3, -0.25) is 0 Å². The molecule has 0 amide bonds. The molecule has 1 aromatic heterocycles. The Balaban J connectivity index is 2.04. The number of sulfonamides is 1. The van der Waals surface area contributed by atoms with Crippen LogP contribution < -0.4 is 10.0 Å². The van der Waals surface area contributed by atoms with E-state index in [4.69, 9.17) is 16.3 Å². The second-order valence-corrected chi connectivity index (χ2v) is 6.86. The number of ether oxygens (including phenoxy) is 1. The smallest absolute Gasteiger partial charge is 0.242 e. The second-order valence-electron chi connectivity index (χ2n) is 4.69. The van der Waals surface area contributed by atoms with Crippen molar-refractivity contribution in [2.24, 2.45) is 5.92 Å². The first-order chi connectivity index (χ1) is 9.53. The summed E-state index contributed by atoms with van der Waals surface area (Å²) in [6.45, 7) is 1.72. The topological polar surface area (TPSA) is 80.3 Å². The van der Waals surface area contributed by atoms with Crippen LogP contribution in [0.5, 0.6) is 0 Å². The van der Waals surface area contributed by atoms with Gasteiger partial charge in [-0.1, -0.05) is 11.6 Å². The van der Waals surface area contributed by atoms with Crippen molar-refractivity contribution in [3.05, 3.63) is 17.3 Å². The zero-order valence-corrected chi connectivity index (χ0v) is 12.8. The minimum atomic E-state index is -3.59. The molecule has 1 aromatic rings. The highest BCUT2D eigenvalue weighted by Crippen LogP contribution is 2.22. The van der Waals surface area contributed by atoms with E-state index in [-0.39, 0.29) is 15.8 Å². The molecule has 1 unspecified atom stereocenters. The number of rotatable bonds is 5. The number of halogens is 1. The molecule has 0 aromatic carbocycles. The van der Waals surface area contributed by atoms with E-state index in [2.05, 4.69) is 15.0 Å². The fourth-order valence-corrected chi connectivity index (χ4v) is 3.44. The molecular formula is C12H18ClN3O3S. The predicted molar refractivity (Wildman–Crippen MR) is 77.5 cm³/mol. The van der Waals surface area contributed by atoms with E-state index in [1.54, 1.807) is 7.05 Å². The minimum absolute atomic E-state index is 0.0678. The third-order valence-electron chi connectivity index (χ3n) is 3.18. The van der Waals surface area contributed by atoms with E-state index < -0.39 is 10.0 Å². The second kappa shape index (κ2) is 6.71. The molecule has 2 N–H and O–H groups in total. The van der Waals surface area contributed by atoms with Gasteiger partial charge in [0.25, 0.3) is 0 Å². The Kier molecular flexibility index (Phi) is 5.20. The standard InChI is InChI=1S/C12H18ClN3O3S/c1-14-12-11(13)5-10(7-15-12)20(17,18)16-6-9-3-2-4-19-8-9/h5,7,9,16H,2-4,6,8H2,1H3,(H,14,15). The van der Waals surface area contributed by atoms with E-state index in [9.17, 15) is 8.42 Å². The summed E-state index contributed by atoms with van der Waals surface area (Å²) in [4.78, 5) is 4.04. The van der Waals surface area contributed by atoms with Crippen LogP contribution in [-0.2, 0) is 14.8 Å². The van der Waals surface area contributed by atoms with Gasteiger partial charge in [0.1, 0.15) is 10.7 Å².